The molecule has 2 nitrogen and oxygen atoms in total. The maximum absolute atomic E-state index is 5.22. The molecule has 0 unspecified atom stereocenters. The van der Waals surface area contributed by atoms with Crippen LogP contribution in [0.25, 0.3) is 10.8 Å². The van der Waals surface area contributed by atoms with E-state index in [1.54, 1.807) is 0 Å². The van der Waals surface area contributed by atoms with E-state index in [9.17, 15) is 0 Å². The minimum atomic E-state index is 0.230. The van der Waals surface area contributed by atoms with Crippen molar-refractivity contribution in [2.45, 2.75) is 65.2 Å². The van der Waals surface area contributed by atoms with Gasteiger partial charge in [0, 0.05) is 0 Å². The molecule has 2 aliphatic rings. The Kier molecular flexibility index (Phi) is 7.63. The van der Waals surface area contributed by atoms with Gasteiger partial charge >= 0.3 is 236 Å². The molecule has 2 aromatic heterocycles. The van der Waals surface area contributed by atoms with Crippen LogP contribution >= 0.6 is 22.7 Å². The van der Waals surface area contributed by atoms with Gasteiger partial charge in [0.1, 0.15) is 0 Å². The summed E-state index contributed by atoms with van der Waals surface area (Å²) in [5, 5.41) is 2.73. The van der Waals surface area contributed by atoms with Gasteiger partial charge in [0.15, 0.2) is 0 Å². The van der Waals surface area contributed by atoms with E-state index in [-0.39, 0.29) is 29.9 Å². The topological polar surface area (TPSA) is 24.7 Å². The van der Waals surface area contributed by atoms with Gasteiger partial charge in [0.05, 0.1) is 0 Å². The molecule has 0 aliphatic carbocycles. The summed E-state index contributed by atoms with van der Waals surface area (Å²) in [5.74, 6) is 0. The summed E-state index contributed by atoms with van der Waals surface area (Å²) >= 11 is 4.36. The zero-order valence-corrected chi connectivity index (χ0v) is 25.9. The molecule has 4 aromatic rings. The molecule has 184 valence electrons. The quantitative estimate of drug-likeness (QED) is 0.129. The van der Waals surface area contributed by atoms with Gasteiger partial charge < -0.3 is 0 Å². The number of nitrogens with zero attached hydrogens (tertiary/aromatic N) is 2. The average molecular weight is 641 g/mol. The zero-order chi connectivity index (χ0) is 24.5. The molecule has 0 atom stereocenters. The van der Waals surface area contributed by atoms with E-state index in [2.05, 4.69) is 62.4 Å². The molecular formula is C30H30N2S2Se2. The Labute approximate surface area is 234 Å². The molecule has 0 bridgehead atoms. The Hall–Kier alpha value is -1.52. The third kappa shape index (κ3) is 4.97. The molecule has 0 amide bonds. The Morgan fingerprint density at radius 3 is 1.50 bits per heavy atom. The van der Waals surface area contributed by atoms with Crippen LogP contribution in [0, 0.1) is 0 Å². The van der Waals surface area contributed by atoms with Crippen LogP contribution in [0.5, 0.6) is 0 Å². The van der Waals surface area contributed by atoms with Gasteiger partial charge in [0.2, 0.25) is 0 Å². The first-order valence-corrected chi connectivity index (χ1v) is 18.1. The van der Waals surface area contributed by atoms with Gasteiger partial charge in [-0.05, 0) is 0 Å². The molecule has 0 spiro atoms. The van der Waals surface area contributed by atoms with Crippen molar-refractivity contribution in [3.05, 3.63) is 68.0 Å². The van der Waals surface area contributed by atoms with Crippen molar-refractivity contribution >= 4 is 92.9 Å². The molecule has 2 aromatic carbocycles. The molecule has 0 saturated heterocycles. The van der Waals surface area contributed by atoms with E-state index in [1.807, 2.05) is 22.7 Å². The number of rotatable bonds is 10. The summed E-state index contributed by atoms with van der Waals surface area (Å²) < 4.78 is 5.50. The predicted octanol–water partition coefficient (Wildman–Crippen LogP) is 7.27. The van der Waals surface area contributed by atoms with Crippen molar-refractivity contribution in [3.63, 3.8) is 0 Å². The molecule has 6 heteroatoms. The normalized spacial score (nSPS) is 14.3. The van der Waals surface area contributed by atoms with Gasteiger partial charge in [-0.25, -0.2) is 0 Å². The van der Waals surface area contributed by atoms with E-state index in [4.69, 9.17) is 9.98 Å². The third-order valence-electron chi connectivity index (χ3n) is 6.70. The first-order valence-electron chi connectivity index (χ1n) is 13.0. The van der Waals surface area contributed by atoms with Crippen LogP contribution in [0.15, 0.2) is 58.5 Å². The summed E-state index contributed by atoms with van der Waals surface area (Å²) in [4.78, 5) is 16.1. The van der Waals surface area contributed by atoms with E-state index in [0.717, 1.165) is 11.4 Å². The second-order valence-corrected chi connectivity index (χ2v) is 16.1. The van der Waals surface area contributed by atoms with Crippen LogP contribution in [0.3, 0.4) is 0 Å². The molecule has 0 saturated carbocycles. The molecule has 4 heterocycles. The van der Waals surface area contributed by atoms with Gasteiger partial charge in [-0.1, -0.05) is 0 Å². The van der Waals surface area contributed by atoms with Crippen LogP contribution in [0.1, 0.15) is 71.9 Å². The SMILES string of the molecule is CCCCCc1ccc(C2=Nc3ccc4c5c(ccc(c35)[Se]2)N=C(c2ccc(CCCCC)s2)[Se]4)s1. The maximum atomic E-state index is 5.22. The number of thiophene rings is 2. The summed E-state index contributed by atoms with van der Waals surface area (Å²) in [6.07, 6.45) is 10.2. The minimum absolute atomic E-state index is 0.230. The van der Waals surface area contributed by atoms with Crippen LogP contribution in [-0.4, -0.2) is 39.1 Å². The Balaban J connectivity index is 1.30. The van der Waals surface area contributed by atoms with Crippen molar-refractivity contribution in [2.24, 2.45) is 9.98 Å². The molecule has 0 fully saturated rings. The van der Waals surface area contributed by atoms with Crippen molar-refractivity contribution in [3.8, 4) is 0 Å². The van der Waals surface area contributed by atoms with E-state index < -0.39 is 0 Å². The molecule has 0 N–H and O–H groups in total. The zero-order valence-electron chi connectivity index (χ0n) is 20.8. The van der Waals surface area contributed by atoms with Gasteiger partial charge in [-0.2, -0.15) is 0 Å². The van der Waals surface area contributed by atoms with Crippen molar-refractivity contribution in [2.75, 3.05) is 0 Å². The van der Waals surface area contributed by atoms with E-state index in [1.165, 1.54) is 99.8 Å². The molecule has 2 aliphatic heterocycles. The number of hydrogen-bond acceptors (Lipinski definition) is 4. The van der Waals surface area contributed by atoms with Gasteiger partial charge in [0.25, 0.3) is 0 Å². The van der Waals surface area contributed by atoms with Crippen molar-refractivity contribution < 1.29 is 0 Å². The third-order valence-corrected chi connectivity index (χ3v) is 14.1. The number of benzene rings is 2. The van der Waals surface area contributed by atoms with E-state index >= 15 is 0 Å². The summed E-state index contributed by atoms with van der Waals surface area (Å²) in [6, 6.07) is 18.5. The standard InChI is InChI=1S/C30H30N2S2Se2/c1-3-5-7-9-19-11-15-23(33-19)29-31-21-13-18-26-28-22(14-17-25(35-29)27(21)28)32-30(36-26)24-16-12-20(34-24)10-8-6-4-2/h11-18H,3-10H2,1-2H3. The summed E-state index contributed by atoms with van der Waals surface area (Å²) in [5.41, 5.74) is 2.27. The Morgan fingerprint density at radius 2 is 1.06 bits per heavy atom. The molecule has 0 radical (unpaired) electrons. The fourth-order valence-corrected chi connectivity index (χ4v) is 11.7. The number of aliphatic imine (C=N–C) groups is 2. The van der Waals surface area contributed by atoms with Crippen LogP contribution in [-0.2, 0) is 12.8 Å². The summed E-state index contributed by atoms with van der Waals surface area (Å²) in [6.45, 7) is 4.54. The number of aryl methyl sites for hydroxylation is 2. The fourth-order valence-electron chi connectivity index (χ4n) is 4.79. The average Bonchev–Trinajstić information content (AvgIpc) is 3.57. The van der Waals surface area contributed by atoms with Crippen LogP contribution in [0.2, 0.25) is 0 Å². The predicted molar refractivity (Wildman–Crippen MR) is 162 cm³/mol. The molecular weight excluding hydrogens is 610 g/mol. The molecule has 6 rings (SSSR count). The van der Waals surface area contributed by atoms with Crippen LogP contribution in [0.4, 0.5) is 11.4 Å². The van der Waals surface area contributed by atoms with Crippen molar-refractivity contribution in [1.29, 1.82) is 0 Å². The number of unbranched alkanes of at least 4 members (excludes halogenated alkanes) is 4. The van der Waals surface area contributed by atoms with Gasteiger partial charge in [-0.3, -0.25) is 0 Å². The number of hydrogen-bond donors (Lipinski definition) is 0. The van der Waals surface area contributed by atoms with E-state index in [0.29, 0.717) is 0 Å². The monoisotopic (exact) mass is 642 g/mol. The first-order chi connectivity index (χ1) is 17.7. The molecule has 36 heavy (non-hydrogen) atoms. The Morgan fingerprint density at radius 1 is 0.583 bits per heavy atom. The van der Waals surface area contributed by atoms with Crippen LogP contribution < -0.4 is 8.92 Å². The Bertz CT molecular complexity index is 1370. The first kappa shape index (κ1) is 24.8. The fraction of sp³-hybridized carbons (Fsp3) is 0.333. The second kappa shape index (κ2) is 11.1. The van der Waals surface area contributed by atoms with Gasteiger partial charge in [-0.15, -0.1) is 0 Å². The van der Waals surface area contributed by atoms with Crippen molar-refractivity contribution in [1.82, 2.24) is 0 Å². The second-order valence-electron chi connectivity index (χ2n) is 9.40. The summed E-state index contributed by atoms with van der Waals surface area (Å²) in [7, 11) is 0.